The molecule has 0 N–H and O–H groups in total. The van der Waals surface area contributed by atoms with E-state index in [0.29, 0.717) is 16.4 Å². The number of ketones is 1. The Bertz CT molecular complexity index is 521. The first-order valence-corrected chi connectivity index (χ1v) is 29.4. The average molecular weight is 587 g/mol. The number of carbonyl (C=O) groups excluding carboxylic acids is 1. The highest BCUT2D eigenvalue weighted by Crippen LogP contribution is 3.18. The molecule has 138 valence electrons. The van der Waals surface area contributed by atoms with E-state index >= 15 is 0 Å². The summed E-state index contributed by atoms with van der Waals surface area (Å²) in [5.74, 6) is 0.0201. The lowest BCUT2D eigenvalue weighted by Gasteiger charge is -2.34. The predicted octanol–water partition coefficient (Wildman–Crippen LogP) is 9.43. The van der Waals surface area contributed by atoms with Gasteiger partial charge < -0.3 is 0 Å². The molecule has 1 heterocycles. The largest absolute Gasteiger partial charge is 0.294 e. The predicted molar refractivity (Wildman–Crippen MR) is 155 cm³/mol. The van der Waals surface area contributed by atoms with Gasteiger partial charge in [-0.1, -0.05) is 19.6 Å². The summed E-state index contributed by atoms with van der Waals surface area (Å²) in [5.41, 5.74) is 1.32. The summed E-state index contributed by atoms with van der Waals surface area (Å²) in [6, 6.07) is 3.30. The highest BCUT2D eigenvalue weighted by Gasteiger charge is 2.28. The quantitative estimate of drug-likeness (QED) is 0.189. The molecule has 16 heteroatoms. The van der Waals surface area contributed by atoms with Crippen LogP contribution in [0.15, 0.2) is 12.1 Å². The summed E-state index contributed by atoms with van der Waals surface area (Å²) in [6.07, 6.45) is 0. The number of rotatable bonds is 6. The van der Waals surface area contributed by atoms with Crippen LogP contribution >= 0.6 is 117 Å². The molecule has 0 aromatic carbocycles. The van der Waals surface area contributed by atoms with Gasteiger partial charge in [0.15, 0.2) is 5.78 Å². The molecule has 1 rings (SSSR count). The molecule has 2 nitrogen and oxygen atoms in total. The van der Waals surface area contributed by atoms with Crippen LogP contribution in [0.3, 0.4) is 0 Å². The Kier molecular flexibility index (Phi) is 18.5. The molecule has 0 radical (unpaired) electrons. The monoisotopic (exact) mass is 587 g/mol. The number of halogens is 1. The molecule has 9 atom stereocenters. The maximum atomic E-state index is 10.9. The summed E-state index contributed by atoms with van der Waals surface area (Å²) in [5, 5.41) is 0.424. The fourth-order valence-corrected chi connectivity index (χ4v) is 129. The van der Waals surface area contributed by atoms with E-state index in [1.54, 1.807) is 19.1 Å². The van der Waals surface area contributed by atoms with Crippen molar-refractivity contribution in [2.75, 3.05) is 0 Å². The third kappa shape index (κ3) is 11.2. The van der Waals surface area contributed by atoms with Gasteiger partial charge >= 0.3 is 0 Å². The van der Waals surface area contributed by atoms with Crippen LogP contribution in [0.4, 0.5) is 0 Å². The van der Waals surface area contributed by atoms with Gasteiger partial charge in [-0.25, -0.2) is 4.98 Å². The number of carbonyl (C=O) groups is 1. The third-order valence-electron chi connectivity index (χ3n) is 2.35. The van der Waals surface area contributed by atoms with Crippen LogP contribution in [0.2, 0.25) is 5.15 Å². The second kappa shape index (κ2) is 15.5. The molecule has 9 unspecified atom stereocenters. The highest BCUT2D eigenvalue weighted by atomic mass is 35.5. The SMILES string of the molecule is CC(=O)c1ccc(Cl)nc1C.PPP(P(P)P)P(P(P)P)P(P)P. The Balaban J connectivity index is 0.000000446. The Morgan fingerprint density at radius 1 is 1.08 bits per heavy atom. The minimum atomic E-state index is 0.0201. The van der Waals surface area contributed by atoms with E-state index in [0.717, 1.165) is 7.96 Å². The molecule has 0 bridgehead atoms. The molecule has 0 amide bonds. The first-order chi connectivity index (χ1) is 11.0. The summed E-state index contributed by atoms with van der Waals surface area (Å²) >= 11 is 5.60. The fraction of sp³-hybridized carbons (Fsp3) is 0.250. The van der Waals surface area contributed by atoms with Gasteiger partial charge in [-0.2, -0.15) is 0 Å². The van der Waals surface area contributed by atoms with Crippen LogP contribution in [0.5, 0.6) is 0 Å². The van der Waals surface area contributed by atoms with E-state index in [4.69, 9.17) is 11.6 Å². The van der Waals surface area contributed by atoms with E-state index in [1.165, 1.54) is 6.92 Å². The van der Waals surface area contributed by atoms with Gasteiger partial charge in [-0.05, 0) is 60.9 Å². The zero-order valence-corrected chi connectivity index (χ0v) is 27.5. The molecule has 0 aliphatic rings. The number of Topliss-reactive ketones (excluding diaryl/α,β-unsaturated/α-hetero) is 1. The minimum absolute atomic E-state index is 0.0201. The van der Waals surface area contributed by atoms with E-state index in [-0.39, 0.29) is 40.7 Å². The van der Waals surface area contributed by atoms with Crippen molar-refractivity contribution in [3.8, 4) is 0 Å². The van der Waals surface area contributed by atoms with Crippen molar-refractivity contribution in [3.05, 3.63) is 28.5 Å². The second-order valence-electron chi connectivity index (χ2n) is 4.15. The highest BCUT2D eigenvalue weighted by molar-refractivity contribution is 9.24. The van der Waals surface area contributed by atoms with E-state index in [1.807, 2.05) is 0 Å². The minimum Gasteiger partial charge on any atom is -0.294 e. The van der Waals surface area contributed by atoms with E-state index in [9.17, 15) is 4.79 Å². The van der Waals surface area contributed by atoms with Crippen molar-refractivity contribution in [2.24, 2.45) is 0 Å². The van der Waals surface area contributed by atoms with Gasteiger partial charge in [-0.3, -0.25) is 4.79 Å². The summed E-state index contributed by atoms with van der Waals surface area (Å²) < 4.78 is 0. The van der Waals surface area contributed by atoms with Crippen LogP contribution in [-0.2, 0) is 0 Å². The van der Waals surface area contributed by atoms with E-state index in [2.05, 4.69) is 67.5 Å². The molecule has 1 aromatic rings. The fourth-order valence-electron chi connectivity index (χ4n) is 1.43. The maximum Gasteiger partial charge on any atom is 0.161 e. The smallest absolute Gasteiger partial charge is 0.161 e. The molecule has 0 saturated carbocycles. The summed E-state index contributed by atoms with van der Waals surface area (Å²) in [4.78, 5) is 14.8. The Morgan fingerprint density at radius 2 is 1.58 bits per heavy atom. The molecular weight excluding hydrogens is 564 g/mol. The average Bonchev–Trinajstić information content (AvgIpc) is 2.43. The number of nitrogens with zero attached hydrogens (tertiary/aromatic N) is 1. The second-order valence-corrected chi connectivity index (χ2v) is 52.0. The maximum absolute atomic E-state index is 10.9. The van der Waals surface area contributed by atoms with Crippen molar-refractivity contribution in [3.63, 3.8) is 0 Å². The van der Waals surface area contributed by atoms with Gasteiger partial charge in [-0.15, -0.1) is 62.5 Å². The molecule has 0 fully saturated rings. The van der Waals surface area contributed by atoms with Gasteiger partial charge in [0.1, 0.15) is 5.15 Å². The van der Waals surface area contributed by atoms with Gasteiger partial charge in [0, 0.05) is 11.3 Å². The molecule has 24 heavy (non-hydrogen) atoms. The topological polar surface area (TPSA) is 30.0 Å². The number of pyridine rings is 1. The van der Waals surface area contributed by atoms with Gasteiger partial charge in [0.2, 0.25) is 0 Å². The summed E-state index contributed by atoms with van der Waals surface area (Å²) in [7, 11) is 22.2. The van der Waals surface area contributed by atoms with Crippen molar-refractivity contribution in [1.29, 1.82) is 0 Å². The lowest BCUT2D eigenvalue weighted by atomic mass is 10.1. The first-order valence-electron chi connectivity index (χ1n) is 6.11. The number of hydrogen-bond donors (Lipinski definition) is 0. The molecule has 1 aromatic heterocycles. The first kappa shape index (κ1) is 28.7. The van der Waals surface area contributed by atoms with Crippen LogP contribution in [-0.4, -0.2) is 10.8 Å². The molecular formula is C8H23ClNOP13. The van der Waals surface area contributed by atoms with Crippen LogP contribution in [0.1, 0.15) is 23.0 Å². The van der Waals surface area contributed by atoms with Crippen molar-refractivity contribution >= 4 is 123 Å². The van der Waals surface area contributed by atoms with Crippen molar-refractivity contribution < 1.29 is 4.79 Å². The third-order valence-corrected chi connectivity index (χ3v) is 75.9. The lowest BCUT2D eigenvalue weighted by molar-refractivity contribution is 0.101. The van der Waals surface area contributed by atoms with Crippen molar-refractivity contribution in [1.82, 2.24) is 4.98 Å². The molecule has 0 aliphatic heterocycles. The standard InChI is InChI=1S/C8H8ClNO.H15P13/c1-5-7(6(2)11)3-4-8(9)10-5;1-8-12(9(2)3)13(10(4)5)11(6)7/h3-4H,1-2H3;8H,1-7H2. The molecule has 0 spiro atoms. The Labute approximate surface area is 174 Å². The van der Waals surface area contributed by atoms with Crippen LogP contribution in [0, 0.1) is 6.92 Å². The Morgan fingerprint density at radius 3 is 1.83 bits per heavy atom. The number of aromatic nitrogens is 1. The van der Waals surface area contributed by atoms with Crippen LogP contribution in [0.25, 0.3) is 0 Å². The van der Waals surface area contributed by atoms with Gasteiger partial charge in [0.25, 0.3) is 0 Å². The zero-order valence-electron chi connectivity index (χ0n) is 13.2. The molecule has 0 saturated heterocycles. The Hall–Kier alpha value is 4.70. The summed E-state index contributed by atoms with van der Waals surface area (Å²) in [6.45, 7) is 4.14. The van der Waals surface area contributed by atoms with Gasteiger partial charge in [0.05, 0.1) is 0 Å². The lowest BCUT2D eigenvalue weighted by Crippen LogP contribution is -1.97. The molecule has 0 aliphatic carbocycles. The number of hydrogen-bond acceptors (Lipinski definition) is 2. The van der Waals surface area contributed by atoms with Crippen molar-refractivity contribution in [2.45, 2.75) is 13.8 Å². The zero-order chi connectivity index (χ0) is 19.0. The van der Waals surface area contributed by atoms with E-state index < -0.39 is 0 Å². The number of aryl methyl sites for hydroxylation is 1. The normalized spacial score (nSPS) is 13.1. The van der Waals surface area contributed by atoms with Crippen LogP contribution < -0.4 is 0 Å².